The van der Waals surface area contributed by atoms with Crippen molar-refractivity contribution in [1.82, 2.24) is 19.2 Å². The molecule has 4 rings (SSSR count). The molecule has 0 aliphatic carbocycles. The van der Waals surface area contributed by atoms with Crippen LogP contribution in [-0.4, -0.2) is 51.4 Å². The van der Waals surface area contributed by atoms with Gasteiger partial charge in [0.25, 0.3) is 5.56 Å². The van der Waals surface area contributed by atoms with Gasteiger partial charge in [-0.1, -0.05) is 55.5 Å². The smallest absolute Gasteiger partial charge is 0.322 e. The van der Waals surface area contributed by atoms with E-state index in [0.29, 0.717) is 11.6 Å². The van der Waals surface area contributed by atoms with E-state index in [1.54, 1.807) is 14.3 Å². The van der Waals surface area contributed by atoms with Crippen LogP contribution in [0.3, 0.4) is 0 Å². The molecule has 1 N–H and O–H groups in total. The highest BCUT2D eigenvalue weighted by Crippen LogP contribution is 2.24. The van der Waals surface area contributed by atoms with Gasteiger partial charge < -0.3 is 10.2 Å². The Kier molecular flexibility index (Phi) is 6.70. The molecular formula is C26H33N5O2. The predicted octanol–water partition coefficient (Wildman–Crippen LogP) is 3.86. The minimum atomic E-state index is -0.241. The number of hydrogen-bond acceptors (Lipinski definition) is 3. The SMILES string of the molecule is Cc1c(NC(=O)N(C)C2CCN(Cc3ccccc3)CC2C)c(=O)n(-c2ccccc2)n1C. The lowest BCUT2D eigenvalue weighted by molar-refractivity contribution is 0.0933. The maximum Gasteiger partial charge on any atom is 0.322 e. The number of anilines is 1. The second-order valence-corrected chi connectivity index (χ2v) is 9.03. The van der Waals surface area contributed by atoms with Crippen LogP contribution in [0.2, 0.25) is 0 Å². The van der Waals surface area contributed by atoms with Crippen LogP contribution in [-0.2, 0) is 13.6 Å². The van der Waals surface area contributed by atoms with Gasteiger partial charge in [0, 0.05) is 39.8 Å². The Morgan fingerprint density at radius 3 is 2.36 bits per heavy atom. The normalized spacial score (nSPS) is 18.8. The molecule has 0 radical (unpaired) electrons. The standard InChI is InChI=1S/C26H33N5O2/c1-19-17-30(18-21-11-7-5-8-12-21)16-15-23(19)28(3)26(33)27-24-20(2)29(4)31(25(24)32)22-13-9-6-10-14-22/h5-14,19,23H,15-18H2,1-4H3,(H,27,33). The fourth-order valence-electron chi connectivity index (χ4n) is 4.84. The Bertz CT molecular complexity index is 1150. The second kappa shape index (κ2) is 9.67. The Hall–Kier alpha value is -3.32. The van der Waals surface area contributed by atoms with E-state index in [1.807, 2.05) is 57.4 Å². The van der Waals surface area contributed by atoms with Gasteiger partial charge in [-0.05, 0) is 37.0 Å². The summed E-state index contributed by atoms with van der Waals surface area (Å²) in [6.45, 7) is 6.84. The van der Waals surface area contributed by atoms with Crippen molar-refractivity contribution < 1.29 is 4.79 Å². The molecule has 0 saturated carbocycles. The lowest BCUT2D eigenvalue weighted by atomic mass is 9.92. The number of carbonyl (C=O) groups excluding carboxylic acids is 1. The van der Waals surface area contributed by atoms with Crippen LogP contribution in [0.5, 0.6) is 0 Å². The van der Waals surface area contributed by atoms with Crippen molar-refractivity contribution in [2.24, 2.45) is 13.0 Å². The molecular weight excluding hydrogens is 414 g/mol. The topological polar surface area (TPSA) is 62.5 Å². The molecule has 1 aliphatic rings. The maximum atomic E-state index is 13.1. The first-order chi connectivity index (χ1) is 15.9. The highest BCUT2D eigenvalue weighted by molar-refractivity contribution is 5.89. The number of piperidine rings is 1. The number of rotatable bonds is 5. The van der Waals surface area contributed by atoms with Crippen molar-refractivity contribution in [2.75, 3.05) is 25.5 Å². The van der Waals surface area contributed by atoms with Gasteiger partial charge in [-0.2, -0.15) is 0 Å². The number of hydrogen-bond donors (Lipinski definition) is 1. The van der Waals surface area contributed by atoms with Gasteiger partial charge >= 0.3 is 6.03 Å². The first-order valence-corrected chi connectivity index (χ1v) is 11.5. The zero-order valence-electron chi connectivity index (χ0n) is 19.9. The van der Waals surface area contributed by atoms with E-state index in [-0.39, 0.29) is 17.6 Å². The Morgan fingerprint density at radius 2 is 1.73 bits per heavy atom. The van der Waals surface area contributed by atoms with Gasteiger partial charge in [0.2, 0.25) is 0 Å². The van der Waals surface area contributed by atoms with E-state index < -0.39 is 0 Å². The molecule has 174 valence electrons. The van der Waals surface area contributed by atoms with E-state index in [2.05, 4.69) is 41.4 Å². The van der Waals surface area contributed by atoms with E-state index in [9.17, 15) is 9.59 Å². The minimum absolute atomic E-state index is 0.123. The van der Waals surface area contributed by atoms with E-state index in [4.69, 9.17) is 0 Å². The summed E-state index contributed by atoms with van der Waals surface area (Å²) < 4.78 is 3.35. The second-order valence-electron chi connectivity index (χ2n) is 9.03. The van der Waals surface area contributed by atoms with Gasteiger partial charge in [-0.25, -0.2) is 9.48 Å². The van der Waals surface area contributed by atoms with Crippen molar-refractivity contribution in [3.8, 4) is 5.69 Å². The zero-order valence-corrected chi connectivity index (χ0v) is 19.9. The van der Waals surface area contributed by atoms with Gasteiger partial charge in [-0.15, -0.1) is 0 Å². The van der Waals surface area contributed by atoms with Crippen LogP contribution < -0.4 is 10.9 Å². The number of aromatic nitrogens is 2. The Balaban J connectivity index is 1.44. The number of benzene rings is 2. The molecule has 3 aromatic rings. The molecule has 33 heavy (non-hydrogen) atoms. The first-order valence-electron chi connectivity index (χ1n) is 11.5. The molecule has 1 aromatic heterocycles. The average Bonchev–Trinajstić information content (AvgIpc) is 3.03. The van der Waals surface area contributed by atoms with Crippen LogP contribution in [0.1, 0.15) is 24.6 Å². The first kappa shape index (κ1) is 22.9. The Labute approximate surface area is 195 Å². The van der Waals surface area contributed by atoms with Crippen LogP contribution in [0.25, 0.3) is 5.69 Å². The van der Waals surface area contributed by atoms with Crippen molar-refractivity contribution in [1.29, 1.82) is 0 Å². The number of urea groups is 1. The van der Waals surface area contributed by atoms with Crippen LogP contribution >= 0.6 is 0 Å². The molecule has 1 aliphatic heterocycles. The molecule has 1 fully saturated rings. The molecule has 1 saturated heterocycles. The Morgan fingerprint density at radius 1 is 1.09 bits per heavy atom. The molecule has 7 heteroatoms. The summed E-state index contributed by atoms with van der Waals surface area (Å²) in [5.41, 5.74) is 2.89. The molecule has 2 heterocycles. The van der Waals surface area contributed by atoms with Crippen molar-refractivity contribution in [2.45, 2.75) is 32.9 Å². The summed E-state index contributed by atoms with van der Waals surface area (Å²) in [6, 6.07) is 19.8. The van der Waals surface area contributed by atoms with Gasteiger partial charge in [0.1, 0.15) is 5.69 Å². The van der Waals surface area contributed by atoms with Crippen LogP contribution in [0, 0.1) is 12.8 Å². The molecule has 0 bridgehead atoms. The number of nitrogens with one attached hydrogen (secondary N) is 1. The lowest BCUT2D eigenvalue weighted by Crippen LogP contribution is -2.51. The molecule has 0 spiro atoms. The van der Waals surface area contributed by atoms with Gasteiger partial charge in [-0.3, -0.25) is 14.4 Å². The lowest BCUT2D eigenvalue weighted by Gasteiger charge is -2.41. The summed E-state index contributed by atoms with van der Waals surface area (Å²) in [5.74, 6) is 0.330. The molecule has 7 nitrogen and oxygen atoms in total. The quantitative estimate of drug-likeness (QED) is 0.646. The van der Waals surface area contributed by atoms with Crippen LogP contribution in [0.15, 0.2) is 65.5 Å². The summed E-state index contributed by atoms with van der Waals surface area (Å²) in [4.78, 5) is 30.5. The maximum absolute atomic E-state index is 13.1. The third-order valence-electron chi connectivity index (χ3n) is 6.80. The molecule has 2 atom stereocenters. The monoisotopic (exact) mass is 447 g/mol. The van der Waals surface area contributed by atoms with Crippen molar-refractivity contribution in [3.63, 3.8) is 0 Å². The number of carbonyl (C=O) groups is 1. The number of para-hydroxylation sites is 1. The van der Waals surface area contributed by atoms with Crippen molar-refractivity contribution >= 4 is 11.7 Å². The highest BCUT2D eigenvalue weighted by Gasteiger charge is 2.32. The van der Waals surface area contributed by atoms with Gasteiger partial charge in [0.05, 0.1) is 11.4 Å². The predicted molar refractivity (Wildman–Crippen MR) is 132 cm³/mol. The zero-order chi connectivity index (χ0) is 23.5. The number of nitrogens with zero attached hydrogens (tertiary/aromatic N) is 4. The summed E-state index contributed by atoms with van der Waals surface area (Å²) in [7, 11) is 3.66. The van der Waals surface area contributed by atoms with E-state index in [0.717, 1.165) is 37.4 Å². The molecule has 2 aromatic carbocycles. The van der Waals surface area contributed by atoms with Crippen LogP contribution in [0.4, 0.5) is 10.5 Å². The number of likely N-dealkylation sites (tertiary alicyclic amines) is 1. The third-order valence-corrected chi connectivity index (χ3v) is 6.80. The van der Waals surface area contributed by atoms with E-state index in [1.165, 1.54) is 5.56 Å². The summed E-state index contributed by atoms with van der Waals surface area (Å²) in [5, 5.41) is 2.90. The average molecular weight is 448 g/mol. The summed E-state index contributed by atoms with van der Waals surface area (Å²) >= 11 is 0. The fraction of sp³-hybridized carbons (Fsp3) is 0.385. The van der Waals surface area contributed by atoms with E-state index >= 15 is 0 Å². The largest absolute Gasteiger partial charge is 0.324 e. The third kappa shape index (κ3) is 4.73. The van der Waals surface area contributed by atoms with Crippen molar-refractivity contribution in [3.05, 3.63) is 82.3 Å². The minimum Gasteiger partial charge on any atom is -0.324 e. The summed E-state index contributed by atoms with van der Waals surface area (Å²) in [6.07, 6.45) is 0.903. The van der Waals surface area contributed by atoms with Gasteiger partial charge in [0.15, 0.2) is 0 Å². The highest BCUT2D eigenvalue weighted by atomic mass is 16.2. The molecule has 2 unspecified atom stereocenters. The molecule has 2 amide bonds. The number of amides is 2. The fourth-order valence-corrected chi connectivity index (χ4v) is 4.84.